The molecule has 0 fully saturated rings. The van der Waals surface area contributed by atoms with Crippen LogP contribution in [0, 0.1) is 0 Å². The zero-order valence-electron chi connectivity index (χ0n) is 3.46. The Morgan fingerprint density at radius 2 is 1.80 bits per heavy atom. The molecule has 0 aromatic carbocycles. The van der Waals surface area contributed by atoms with Gasteiger partial charge in [-0.25, -0.2) is 0 Å². The largest absolute Gasteiger partial charge is 0.0695 e. The Hall–Kier alpha value is 0.220. The molecule has 0 aliphatic rings. The molecule has 0 heterocycles. The summed E-state index contributed by atoms with van der Waals surface area (Å²) in [6.45, 7) is 4.07. The number of hydrogen-bond donors (Lipinski definition) is 0. The molecule has 0 amide bonds. The quantitative estimate of drug-likeness (QED) is 0.478. The predicted molar refractivity (Wildman–Crippen MR) is 28.4 cm³/mol. The van der Waals surface area contributed by atoms with Gasteiger partial charge in [-0.3, -0.25) is 0 Å². The second-order valence-corrected chi connectivity index (χ2v) is 1.64. The summed E-state index contributed by atoms with van der Waals surface area (Å²) < 4.78 is 0. The molecule has 0 unspecified atom stereocenters. The molecule has 0 spiro atoms. The summed E-state index contributed by atoms with van der Waals surface area (Å²) in [6, 6.07) is 0. The fourth-order valence-corrected chi connectivity index (χ4v) is 0. The normalized spacial score (nSPS) is 7.00. The van der Waals surface area contributed by atoms with Crippen molar-refractivity contribution in [3.8, 4) is 0 Å². The lowest BCUT2D eigenvalue weighted by Crippen LogP contribution is -1.48. The van der Waals surface area contributed by atoms with Gasteiger partial charge in [-0.15, -0.1) is 0 Å². The molecule has 0 nitrogen and oxygen atoms in total. The van der Waals surface area contributed by atoms with Gasteiger partial charge in [0.25, 0.3) is 0 Å². The molecule has 30 valence electrons. The van der Waals surface area contributed by atoms with Crippen molar-refractivity contribution in [1.29, 1.82) is 0 Å². The van der Waals surface area contributed by atoms with E-state index in [0.29, 0.717) is 0 Å². The highest BCUT2D eigenvalue weighted by Gasteiger charge is 1.62. The first-order valence-electron chi connectivity index (χ1n) is 1.51. The average Bonchev–Trinajstić information content (AvgIpc) is 1.38. The fourth-order valence-electron chi connectivity index (χ4n) is 0. The Bertz CT molecular complexity index is 41.6. The monoisotopic (exact) mass is 134 g/mol. The van der Waals surface area contributed by atoms with Gasteiger partial charge >= 0.3 is 0 Å². The van der Waals surface area contributed by atoms with E-state index in [1.807, 2.05) is 18.8 Å². The lowest BCUT2D eigenvalue weighted by molar-refractivity contribution is 1.42. The zero-order chi connectivity index (χ0) is 4.28. The Morgan fingerprint density at radius 3 is 1.80 bits per heavy atom. The molecular formula is C4H7Br. The Balaban J connectivity index is 3.14. The Labute approximate surface area is 41.0 Å². The first kappa shape index (κ1) is 5.22. The third kappa shape index (κ3) is 4.22. The van der Waals surface area contributed by atoms with E-state index < -0.39 is 0 Å². The van der Waals surface area contributed by atoms with Gasteiger partial charge in [-0.2, -0.15) is 0 Å². The minimum atomic E-state index is 1.30. The molecule has 0 rings (SSSR count). The van der Waals surface area contributed by atoms with Crippen molar-refractivity contribution < 1.29 is 0 Å². The van der Waals surface area contributed by atoms with Crippen molar-refractivity contribution in [1.82, 2.24) is 0 Å². The van der Waals surface area contributed by atoms with Crippen LogP contribution in [0.3, 0.4) is 0 Å². The number of rotatable bonds is 0. The van der Waals surface area contributed by atoms with E-state index in [-0.39, 0.29) is 0 Å². The van der Waals surface area contributed by atoms with Gasteiger partial charge in [0.2, 0.25) is 0 Å². The molecule has 0 N–H and O–H groups in total. The molecule has 0 radical (unpaired) electrons. The Kier molecular flexibility index (Phi) is 2.57. The molecule has 5 heavy (non-hydrogen) atoms. The number of hydrogen-bond acceptors (Lipinski definition) is 0. The minimum Gasteiger partial charge on any atom is -0.0695 e. The maximum Gasteiger partial charge on any atom is -0.0202 e. The third-order valence-electron chi connectivity index (χ3n) is 0.218. The van der Waals surface area contributed by atoms with E-state index in [4.69, 9.17) is 0 Å². The highest BCUT2D eigenvalue weighted by atomic mass is 79.9. The molecule has 0 saturated carbocycles. The maximum absolute atomic E-state index is 3.15. The summed E-state index contributed by atoms with van der Waals surface area (Å²) in [5, 5.41) is 0. The first-order chi connectivity index (χ1) is 2.27. The summed E-state index contributed by atoms with van der Waals surface area (Å²) in [5.41, 5.74) is 1.30. The first-order valence-corrected chi connectivity index (χ1v) is 2.42. The van der Waals surface area contributed by atoms with Crippen molar-refractivity contribution in [2.45, 2.75) is 13.8 Å². The third-order valence-corrected chi connectivity index (χ3v) is 1.13. The van der Waals surface area contributed by atoms with Gasteiger partial charge in [0.15, 0.2) is 0 Å². The summed E-state index contributed by atoms with van der Waals surface area (Å²) in [4.78, 5) is 1.90. The van der Waals surface area contributed by atoms with Crippen LogP contribution < -0.4 is 0 Å². The maximum atomic E-state index is 3.15. The molecule has 0 aliphatic heterocycles. The van der Waals surface area contributed by atoms with Crippen LogP contribution in [-0.4, -0.2) is 0 Å². The molecule has 0 aliphatic carbocycles. The van der Waals surface area contributed by atoms with Crippen LogP contribution in [0.25, 0.3) is 0 Å². The van der Waals surface area contributed by atoms with E-state index in [1.54, 1.807) is 0 Å². The van der Waals surface area contributed by atoms with E-state index in [9.17, 15) is 0 Å². The van der Waals surface area contributed by atoms with Crippen LogP contribution in [0.5, 0.6) is 0 Å². The number of halogens is 1. The second kappa shape index (κ2) is 2.46. The molecule has 0 bridgehead atoms. The van der Waals surface area contributed by atoms with E-state index >= 15 is 0 Å². The fraction of sp³-hybridized carbons (Fsp3) is 0.500. The highest BCUT2D eigenvalue weighted by Crippen LogP contribution is 1.91. The summed E-state index contributed by atoms with van der Waals surface area (Å²) in [5.74, 6) is 0. The van der Waals surface area contributed by atoms with Crippen molar-refractivity contribution in [2.75, 3.05) is 0 Å². The average molecular weight is 135 g/mol. The molecular weight excluding hydrogens is 128 g/mol. The lowest BCUT2D eigenvalue weighted by atomic mass is 10.4. The molecule has 0 atom stereocenters. The van der Waals surface area contributed by atoms with Gasteiger partial charge in [0.1, 0.15) is 0 Å². The van der Waals surface area contributed by atoms with Gasteiger partial charge < -0.3 is 0 Å². The van der Waals surface area contributed by atoms with Crippen molar-refractivity contribution in [3.63, 3.8) is 0 Å². The van der Waals surface area contributed by atoms with E-state index in [2.05, 4.69) is 15.9 Å². The van der Waals surface area contributed by atoms with Crippen molar-refractivity contribution in [3.05, 3.63) is 10.6 Å². The van der Waals surface area contributed by atoms with Crippen molar-refractivity contribution >= 4 is 15.9 Å². The van der Waals surface area contributed by atoms with Crippen molar-refractivity contribution in [2.24, 2.45) is 0 Å². The molecule has 0 aromatic rings. The van der Waals surface area contributed by atoms with Crippen LogP contribution >= 0.6 is 15.9 Å². The molecule has 0 saturated heterocycles. The van der Waals surface area contributed by atoms with Crippen LogP contribution in [0.15, 0.2) is 10.6 Å². The summed E-state index contributed by atoms with van der Waals surface area (Å²) >= 11 is 3.15. The second-order valence-electron chi connectivity index (χ2n) is 1.19. The van der Waals surface area contributed by atoms with Crippen LogP contribution in [0.1, 0.15) is 13.8 Å². The smallest absolute Gasteiger partial charge is 0.0202 e. The summed E-state index contributed by atoms with van der Waals surface area (Å²) in [6.07, 6.45) is 0. The minimum absolute atomic E-state index is 1.30. The van der Waals surface area contributed by atoms with Crippen LogP contribution in [0.2, 0.25) is 0 Å². The molecule has 1 heteroatoms. The SMILES string of the molecule is CC(C)=CBr. The predicted octanol–water partition coefficient (Wildman–Crippen LogP) is 2.31. The standard InChI is InChI=1S/C4H7Br/c1-4(2)3-5/h3H,1-2H3. The lowest BCUT2D eigenvalue weighted by Gasteiger charge is -1.72. The number of allylic oxidation sites excluding steroid dienone is 1. The van der Waals surface area contributed by atoms with Gasteiger partial charge in [0.05, 0.1) is 0 Å². The van der Waals surface area contributed by atoms with Gasteiger partial charge in [-0.05, 0) is 18.8 Å². The van der Waals surface area contributed by atoms with Crippen LogP contribution in [-0.2, 0) is 0 Å². The van der Waals surface area contributed by atoms with Gasteiger partial charge in [-0.1, -0.05) is 21.5 Å². The Morgan fingerprint density at radius 1 is 1.60 bits per heavy atom. The van der Waals surface area contributed by atoms with E-state index in [1.165, 1.54) is 5.57 Å². The van der Waals surface area contributed by atoms with E-state index in [0.717, 1.165) is 0 Å². The highest BCUT2D eigenvalue weighted by molar-refractivity contribution is 9.11. The zero-order valence-corrected chi connectivity index (χ0v) is 5.04. The van der Waals surface area contributed by atoms with Gasteiger partial charge in [0, 0.05) is 0 Å². The molecule has 0 aromatic heterocycles. The summed E-state index contributed by atoms with van der Waals surface area (Å²) in [7, 11) is 0. The van der Waals surface area contributed by atoms with Crippen LogP contribution in [0.4, 0.5) is 0 Å². The topological polar surface area (TPSA) is 0 Å².